The van der Waals surface area contributed by atoms with Crippen LogP contribution in [0.25, 0.3) is 10.8 Å². The fourth-order valence-electron chi connectivity index (χ4n) is 2.75. The van der Waals surface area contributed by atoms with Crippen molar-refractivity contribution in [1.29, 1.82) is 0 Å². The van der Waals surface area contributed by atoms with Gasteiger partial charge in [-0.15, -0.1) is 0 Å². The number of fused-ring (bicyclic) bond motifs is 1. The highest BCUT2D eigenvalue weighted by molar-refractivity contribution is 7.91. The molecule has 4 aromatic rings. The molecule has 0 saturated carbocycles. The number of rotatable bonds is 5. The summed E-state index contributed by atoms with van der Waals surface area (Å²) in [6, 6.07) is 7.83. The second-order valence-electron chi connectivity index (χ2n) is 5.98. The van der Waals surface area contributed by atoms with Crippen LogP contribution in [0.3, 0.4) is 0 Å². The van der Waals surface area contributed by atoms with Gasteiger partial charge in [-0.2, -0.15) is 10.2 Å². The fraction of sp³-hybridized carbons (Fsp3) is 0.111. The second kappa shape index (κ2) is 6.89. The van der Waals surface area contributed by atoms with E-state index in [1.807, 2.05) is 0 Å². The van der Waals surface area contributed by atoms with E-state index >= 15 is 0 Å². The number of nitrogens with zero attached hydrogens (tertiary/aromatic N) is 4. The van der Waals surface area contributed by atoms with Gasteiger partial charge in [-0.3, -0.25) is 14.9 Å². The van der Waals surface area contributed by atoms with Gasteiger partial charge >= 0.3 is 0 Å². The summed E-state index contributed by atoms with van der Waals surface area (Å²) in [5.74, 6) is 0.619. The van der Waals surface area contributed by atoms with E-state index in [0.717, 1.165) is 0 Å². The standard InChI is InChI=1S/C18H15N5O4S/c1-27-14-3-2-13(19-8-14)11-23-18(24)17-5-4-15(6-12(17)7-22-23)28(25,26)16-9-20-21-10-16/h2-10H,11H2,1H3,(H,20,21). The summed E-state index contributed by atoms with van der Waals surface area (Å²) in [6.45, 7) is 0.188. The number of hydrogen-bond acceptors (Lipinski definition) is 7. The summed E-state index contributed by atoms with van der Waals surface area (Å²) >= 11 is 0. The predicted octanol–water partition coefficient (Wildman–Crippen LogP) is 1.40. The van der Waals surface area contributed by atoms with Crippen LogP contribution >= 0.6 is 0 Å². The first kappa shape index (κ1) is 17.9. The number of methoxy groups -OCH3 is 1. The van der Waals surface area contributed by atoms with Crippen molar-refractivity contribution in [3.63, 3.8) is 0 Å². The molecule has 9 nitrogen and oxygen atoms in total. The van der Waals surface area contributed by atoms with E-state index in [4.69, 9.17) is 4.74 Å². The van der Waals surface area contributed by atoms with Crippen molar-refractivity contribution in [2.75, 3.05) is 7.11 Å². The van der Waals surface area contributed by atoms with Crippen molar-refractivity contribution in [2.24, 2.45) is 0 Å². The lowest BCUT2D eigenvalue weighted by molar-refractivity contribution is 0.412. The number of ether oxygens (including phenoxy) is 1. The summed E-state index contributed by atoms with van der Waals surface area (Å²) in [6.07, 6.45) is 5.57. The molecule has 3 heterocycles. The molecular formula is C18H15N5O4S. The summed E-state index contributed by atoms with van der Waals surface area (Å²) in [4.78, 5) is 17.1. The van der Waals surface area contributed by atoms with Gasteiger partial charge in [0.25, 0.3) is 5.56 Å². The molecule has 0 aliphatic rings. The highest BCUT2D eigenvalue weighted by atomic mass is 32.2. The molecule has 142 valence electrons. The molecule has 1 aromatic carbocycles. The second-order valence-corrected chi connectivity index (χ2v) is 7.93. The van der Waals surface area contributed by atoms with Crippen LogP contribution in [0.2, 0.25) is 0 Å². The zero-order valence-electron chi connectivity index (χ0n) is 14.7. The lowest BCUT2D eigenvalue weighted by Crippen LogP contribution is -2.23. The molecule has 0 unspecified atom stereocenters. The average molecular weight is 397 g/mol. The highest BCUT2D eigenvalue weighted by Crippen LogP contribution is 2.22. The molecule has 0 aliphatic carbocycles. The van der Waals surface area contributed by atoms with Crippen LogP contribution in [-0.2, 0) is 16.4 Å². The third-order valence-electron chi connectivity index (χ3n) is 4.26. The summed E-state index contributed by atoms with van der Waals surface area (Å²) in [5, 5.41) is 11.1. The van der Waals surface area contributed by atoms with Crippen molar-refractivity contribution in [3.8, 4) is 5.75 Å². The van der Waals surface area contributed by atoms with Gasteiger partial charge in [0.1, 0.15) is 10.6 Å². The zero-order chi connectivity index (χ0) is 19.7. The number of pyridine rings is 1. The first-order valence-electron chi connectivity index (χ1n) is 8.22. The van der Waals surface area contributed by atoms with Crippen molar-refractivity contribution < 1.29 is 13.2 Å². The average Bonchev–Trinajstić information content (AvgIpc) is 3.26. The maximum absolute atomic E-state index is 12.7. The molecule has 0 aliphatic heterocycles. The van der Waals surface area contributed by atoms with Crippen molar-refractivity contribution >= 4 is 20.6 Å². The van der Waals surface area contributed by atoms with Crippen LogP contribution in [0.15, 0.2) is 69.7 Å². The molecule has 0 fully saturated rings. The Morgan fingerprint density at radius 3 is 2.64 bits per heavy atom. The van der Waals surface area contributed by atoms with Crippen molar-refractivity contribution in [2.45, 2.75) is 16.3 Å². The number of sulfone groups is 1. The van der Waals surface area contributed by atoms with E-state index in [9.17, 15) is 13.2 Å². The minimum atomic E-state index is -3.72. The van der Waals surface area contributed by atoms with Crippen LogP contribution in [0.1, 0.15) is 5.69 Å². The summed E-state index contributed by atoms with van der Waals surface area (Å²) < 4.78 is 31.5. The Bertz CT molecular complexity index is 1300. The molecule has 3 aromatic heterocycles. The van der Waals surface area contributed by atoms with Crippen LogP contribution in [0.4, 0.5) is 0 Å². The quantitative estimate of drug-likeness (QED) is 0.540. The minimum absolute atomic E-state index is 0.0544. The van der Waals surface area contributed by atoms with E-state index in [1.165, 1.54) is 41.5 Å². The smallest absolute Gasteiger partial charge is 0.274 e. The topological polar surface area (TPSA) is 120 Å². The number of aromatic amines is 1. The molecule has 0 amide bonds. The first-order chi connectivity index (χ1) is 13.5. The number of H-pyrrole nitrogens is 1. The van der Waals surface area contributed by atoms with Crippen LogP contribution < -0.4 is 10.3 Å². The molecule has 4 rings (SSSR count). The third kappa shape index (κ3) is 3.14. The molecule has 0 bridgehead atoms. The number of nitrogens with one attached hydrogen (secondary N) is 1. The SMILES string of the molecule is COc1ccc(Cn2ncc3cc(S(=O)(=O)c4cn[nH]c4)ccc3c2=O)nc1. The Morgan fingerprint density at radius 2 is 1.96 bits per heavy atom. The monoisotopic (exact) mass is 397 g/mol. The summed E-state index contributed by atoms with van der Waals surface area (Å²) in [7, 11) is -2.17. The largest absolute Gasteiger partial charge is 0.495 e. The molecule has 0 atom stereocenters. The zero-order valence-corrected chi connectivity index (χ0v) is 15.5. The number of benzene rings is 1. The van der Waals surface area contributed by atoms with Crippen LogP contribution in [-0.4, -0.2) is 40.5 Å². The fourth-order valence-corrected chi connectivity index (χ4v) is 3.95. The minimum Gasteiger partial charge on any atom is -0.495 e. The van der Waals surface area contributed by atoms with Gasteiger partial charge in [-0.1, -0.05) is 0 Å². The predicted molar refractivity (Wildman–Crippen MR) is 99.9 cm³/mol. The van der Waals surface area contributed by atoms with Gasteiger partial charge in [0.15, 0.2) is 0 Å². The molecule has 28 heavy (non-hydrogen) atoms. The van der Waals surface area contributed by atoms with E-state index in [-0.39, 0.29) is 21.9 Å². The molecule has 0 saturated heterocycles. The normalized spacial score (nSPS) is 11.6. The first-order valence-corrected chi connectivity index (χ1v) is 9.70. The maximum atomic E-state index is 12.7. The van der Waals surface area contributed by atoms with Crippen LogP contribution in [0, 0.1) is 0 Å². The highest BCUT2D eigenvalue weighted by Gasteiger charge is 2.19. The number of hydrogen-bond donors (Lipinski definition) is 1. The molecule has 0 radical (unpaired) electrons. The lowest BCUT2D eigenvalue weighted by Gasteiger charge is -2.08. The van der Waals surface area contributed by atoms with Crippen LogP contribution in [0.5, 0.6) is 5.75 Å². The van der Waals surface area contributed by atoms with Crippen molar-refractivity contribution in [3.05, 3.63) is 71.2 Å². The van der Waals surface area contributed by atoms with E-state index in [0.29, 0.717) is 22.2 Å². The van der Waals surface area contributed by atoms with Gasteiger partial charge in [0.05, 0.1) is 48.2 Å². The van der Waals surface area contributed by atoms with Gasteiger partial charge < -0.3 is 4.74 Å². The molecular weight excluding hydrogens is 382 g/mol. The Labute approximate surface area is 159 Å². The molecule has 10 heteroatoms. The Morgan fingerprint density at radius 1 is 1.11 bits per heavy atom. The Kier molecular flexibility index (Phi) is 4.40. The summed E-state index contributed by atoms with van der Waals surface area (Å²) in [5.41, 5.74) is 0.316. The van der Waals surface area contributed by atoms with E-state index in [1.54, 1.807) is 25.4 Å². The van der Waals surface area contributed by atoms with E-state index < -0.39 is 9.84 Å². The molecule has 0 spiro atoms. The van der Waals surface area contributed by atoms with Gasteiger partial charge in [0.2, 0.25) is 9.84 Å². The molecule has 1 N–H and O–H groups in total. The van der Waals surface area contributed by atoms with E-state index in [2.05, 4.69) is 20.3 Å². The van der Waals surface area contributed by atoms with Gasteiger partial charge in [0, 0.05) is 11.6 Å². The van der Waals surface area contributed by atoms with Crippen molar-refractivity contribution in [1.82, 2.24) is 25.0 Å². The van der Waals surface area contributed by atoms with Gasteiger partial charge in [-0.25, -0.2) is 13.1 Å². The maximum Gasteiger partial charge on any atom is 0.274 e. The van der Waals surface area contributed by atoms with Gasteiger partial charge in [-0.05, 0) is 30.3 Å². The Balaban J connectivity index is 1.71. The third-order valence-corrected chi connectivity index (χ3v) is 5.98. The lowest BCUT2D eigenvalue weighted by atomic mass is 10.2. The Hall–Kier alpha value is -3.53. The number of aromatic nitrogens is 5.